The molecule has 0 saturated carbocycles. The molecule has 0 bridgehead atoms. The fourth-order valence-electron chi connectivity index (χ4n) is 3.91. The van der Waals surface area contributed by atoms with Crippen LogP contribution < -0.4 is 9.47 Å². The molecular formula is C23H29ClN4O6S. The highest BCUT2D eigenvalue weighted by Gasteiger charge is 2.36. The number of aryl methyl sites for hydroxylation is 1. The summed E-state index contributed by atoms with van der Waals surface area (Å²) in [6, 6.07) is 8.31. The quantitative estimate of drug-likeness (QED) is 0.433. The molecule has 10 nitrogen and oxygen atoms in total. The number of phenols is 1. The molecule has 0 radical (unpaired) electrons. The van der Waals surface area contributed by atoms with E-state index in [1.165, 1.54) is 20.3 Å². The minimum atomic E-state index is -3.94. The van der Waals surface area contributed by atoms with Gasteiger partial charge in [0.25, 0.3) is 10.0 Å². The van der Waals surface area contributed by atoms with Crippen LogP contribution in [-0.4, -0.2) is 89.1 Å². The minimum absolute atomic E-state index is 0. The van der Waals surface area contributed by atoms with Crippen molar-refractivity contribution in [2.24, 2.45) is 9.50 Å². The molecule has 2 aliphatic rings. The number of halogens is 1. The molecule has 1 fully saturated rings. The summed E-state index contributed by atoms with van der Waals surface area (Å²) in [5.74, 6) is 0.836. The van der Waals surface area contributed by atoms with Crippen molar-refractivity contribution in [2.45, 2.75) is 11.8 Å². The standard InChI is InChI=1S/C23H28N4O6S.ClH/c1-16-12-18-22(21(13-16)32-3)34(29,30)25-23(18)27(7-6-26-8-10-33-11-9-26)24-15-17-4-5-19(28)20(14-17)31-2;/h4-5,12-15,28H,6-11H2,1-3H3;1H/b24-15+;. The maximum Gasteiger partial charge on any atom is 0.288 e. The molecule has 12 heteroatoms. The van der Waals surface area contributed by atoms with Crippen molar-refractivity contribution in [3.05, 3.63) is 47.0 Å². The predicted octanol–water partition coefficient (Wildman–Crippen LogP) is 2.26. The van der Waals surface area contributed by atoms with E-state index >= 15 is 0 Å². The van der Waals surface area contributed by atoms with Crippen molar-refractivity contribution in [1.82, 2.24) is 9.91 Å². The van der Waals surface area contributed by atoms with Gasteiger partial charge in [0.05, 0.1) is 40.2 Å². The molecule has 190 valence electrons. The molecule has 4 rings (SSSR count). The first-order chi connectivity index (χ1) is 16.3. The summed E-state index contributed by atoms with van der Waals surface area (Å²) >= 11 is 0. The molecular weight excluding hydrogens is 496 g/mol. The number of benzene rings is 2. The third-order valence-corrected chi connectivity index (χ3v) is 7.00. The van der Waals surface area contributed by atoms with E-state index in [0.29, 0.717) is 43.2 Å². The average Bonchev–Trinajstić information content (AvgIpc) is 3.10. The van der Waals surface area contributed by atoms with Crippen molar-refractivity contribution in [3.63, 3.8) is 0 Å². The zero-order chi connectivity index (χ0) is 24.3. The zero-order valence-corrected chi connectivity index (χ0v) is 21.4. The van der Waals surface area contributed by atoms with Crippen LogP contribution in [0.1, 0.15) is 16.7 Å². The minimum Gasteiger partial charge on any atom is -0.504 e. The van der Waals surface area contributed by atoms with Crippen molar-refractivity contribution in [2.75, 3.05) is 53.6 Å². The van der Waals surface area contributed by atoms with Crippen LogP contribution in [0, 0.1) is 6.92 Å². The first kappa shape index (κ1) is 26.7. The van der Waals surface area contributed by atoms with Crippen molar-refractivity contribution >= 4 is 34.5 Å². The third-order valence-electron chi connectivity index (χ3n) is 5.65. The van der Waals surface area contributed by atoms with E-state index in [0.717, 1.165) is 18.7 Å². The number of aromatic hydroxyl groups is 1. The summed E-state index contributed by atoms with van der Waals surface area (Å²) < 4.78 is 45.9. The Kier molecular flexibility index (Phi) is 8.60. The number of rotatable bonds is 7. The Morgan fingerprint density at radius 2 is 1.89 bits per heavy atom. The van der Waals surface area contributed by atoms with Crippen LogP contribution in [0.3, 0.4) is 0 Å². The molecule has 35 heavy (non-hydrogen) atoms. The van der Waals surface area contributed by atoms with Gasteiger partial charge in [-0.15, -0.1) is 16.8 Å². The molecule has 2 aromatic carbocycles. The van der Waals surface area contributed by atoms with Crippen LogP contribution in [0.4, 0.5) is 0 Å². The lowest BCUT2D eigenvalue weighted by atomic mass is 10.1. The lowest BCUT2D eigenvalue weighted by Gasteiger charge is -2.28. The smallest absolute Gasteiger partial charge is 0.288 e. The second-order valence-corrected chi connectivity index (χ2v) is 9.53. The van der Waals surface area contributed by atoms with E-state index in [2.05, 4.69) is 14.4 Å². The number of morpholine rings is 1. The van der Waals surface area contributed by atoms with Gasteiger partial charge < -0.3 is 19.3 Å². The Hall–Kier alpha value is -2.86. The van der Waals surface area contributed by atoms with Gasteiger partial charge in [0.1, 0.15) is 10.6 Å². The zero-order valence-electron chi connectivity index (χ0n) is 19.8. The number of fused-ring (bicyclic) bond motifs is 1. The van der Waals surface area contributed by atoms with Gasteiger partial charge in [0.15, 0.2) is 17.3 Å². The van der Waals surface area contributed by atoms with Crippen LogP contribution in [0.25, 0.3) is 0 Å². The van der Waals surface area contributed by atoms with Gasteiger partial charge in [-0.2, -0.15) is 13.5 Å². The lowest BCUT2D eigenvalue weighted by molar-refractivity contribution is 0.0360. The topological polar surface area (TPSA) is 113 Å². The van der Waals surface area contributed by atoms with Gasteiger partial charge in [-0.3, -0.25) is 4.90 Å². The third kappa shape index (κ3) is 5.87. The molecule has 1 N–H and O–H groups in total. The van der Waals surface area contributed by atoms with Crippen molar-refractivity contribution in [3.8, 4) is 17.2 Å². The van der Waals surface area contributed by atoms with Crippen LogP contribution in [0.2, 0.25) is 0 Å². The van der Waals surface area contributed by atoms with Crippen LogP contribution >= 0.6 is 12.4 Å². The molecule has 0 aliphatic carbocycles. The molecule has 2 aromatic rings. The Labute approximate surface area is 211 Å². The highest BCUT2D eigenvalue weighted by Crippen LogP contribution is 2.36. The maximum absolute atomic E-state index is 12.9. The van der Waals surface area contributed by atoms with Gasteiger partial charge >= 0.3 is 0 Å². The highest BCUT2D eigenvalue weighted by atomic mass is 35.5. The maximum atomic E-state index is 12.9. The van der Waals surface area contributed by atoms with Crippen LogP contribution in [0.5, 0.6) is 17.2 Å². The van der Waals surface area contributed by atoms with E-state index in [-0.39, 0.29) is 34.6 Å². The van der Waals surface area contributed by atoms with Gasteiger partial charge in [-0.1, -0.05) is 0 Å². The summed E-state index contributed by atoms with van der Waals surface area (Å²) in [4.78, 5) is 2.28. The van der Waals surface area contributed by atoms with E-state index in [1.54, 1.807) is 35.5 Å². The summed E-state index contributed by atoms with van der Waals surface area (Å²) in [6.07, 6.45) is 1.58. The fourth-order valence-corrected chi connectivity index (χ4v) is 5.24. The molecule has 0 aromatic heterocycles. The number of hydrogen-bond donors (Lipinski definition) is 1. The summed E-state index contributed by atoms with van der Waals surface area (Å²) in [5, 5.41) is 16.0. The van der Waals surface area contributed by atoms with Crippen LogP contribution in [0.15, 0.2) is 44.7 Å². The molecule has 0 atom stereocenters. The van der Waals surface area contributed by atoms with E-state index < -0.39 is 10.0 Å². The van der Waals surface area contributed by atoms with Crippen LogP contribution in [-0.2, 0) is 14.8 Å². The monoisotopic (exact) mass is 524 g/mol. The number of amidine groups is 1. The fraction of sp³-hybridized carbons (Fsp3) is 0.391. The van der Waals surface area contributed by atoms with E-state index in [9.17, 15) is 13.5 Å². The lowest BCUT2D eigenvalue weighted by Crippen LogP contribution is -2.41. The van der Waals surface area contributed by atoms with Gasteiger partial charge in [-0.25, -0.2) is 5.01 Å². The second kappa shape index (κ2) is 11.3. The van der Waals surface area contributed by atoms with Crippen molar-refractivity contribution < 1.29 is 27.7 Å². The van der Waals surface area contributed by atoms with Gasteiger partial charge in [0, 0.05) is 25.2 Å². The van der Waals surface area contributed by atoms with E-state index in [1.807, 2.05) is 6.92 Å². The Bertz CT molecular complexity index is 1230. The summed E-state index contributed by atoms with van der Waals surface area (Å²) in [5.41, 5.74) is 1.98. The van der Waals surface area contributed by atoms with Crippen molar-refractivity contribution in [1.29, 1.82) is 0 Å². The Balaban J connectivity index is 0.00000342. The molecule has 0 amide bonds. The summed E-state index contributed by atoms with van der Waals surface area (Å²) in [6.45, 7) is 5.83. The number of ether oxygens (including phenoxy) is 3. The molecule has 2 heterocycles. The largest absolute Gasteiger partial charge is 0.504 e. The Morgan fingerprint density at radius 3 is 2.57 bits per heavy atom. The summed E-state index contributed by atoms with van der Waals surface area (Å²) in [7, 11) is -1.03. The number of hydrazone groups is 1. The average molecular weight is 525 g/mol. The second-order valence-electron chi connectivity index (χ2n) is 7.99. The SMILES string of the molecule is COc1cc(/C=N/N(CCN2CCOCC2)C2=NS(=O)(=O)c3c(OC)cc(C)cc32)ccc1O.Cl. The molecule has 0 unspecified atom stereocenters. The molecule has 1 saturated heterocycles. The number of methoxy groups -OCH3 is 2. The van der Waals surface area contributed by atoms with Gasteiger partial charge in [0.2, 0.25) is 0 Å². The number of hydrogen-bond acceptors (Lipinski definition) is 9. The Morgan fingerprint density at radius 1 is 1.17 bits per heavy atom. The molecule has 0 spiro atoms. The number of sulfonamides is 1. The number of nitrogens with zero attached hydrogens (tertiary/aromatic N) is 4. The molecule has 2 aliphatic heterocycles. The van der Waals surface area contributed by atoms with Gasteiger partial charge in [-0.05, 0) is 48.4 Å². The predicted molar refractivity (Wildman–Crippen MR) is 135 cm³/mol. The first-order valence-electron chi connectivity index (χ1n) is 10.8. The first-order valence-corrected chi connectivity index (χ1v) is 12.3. The highest BCUT2D eigenvalue weighted by molar-refractivity contribution is 7.90. The number of phenolic OH excluding ortho intramolecular Hbond substituents is 1. The van der Waals surface area contributed by atoms with E-state index in [4.69, 9.17) is 14.2 Å². The normalized spacial score (nSPS) is 16.9.